The summed E-state index contributed by atoms with van der Waals surface area (Å²) in [5.41, 5.74) is 1.96. The van der Waals surface area contributed by atoms with E-state index in [0.717, 1.165) is 26.1 Å². The number of fused-ring (bicyclic) bond motifs is 2. The summed E-state index contributed by atoms with van der Waals surface area (Å²) in [6.07, 6.45) is 2.49. The molecule has 1 saturated heterocycles. The molecule has 4 atom stereocenters. The van der Waals surface area contributed by atoms with Crippen LogP contribution in [0.25, 0.3) is 0 Å². The highest BCUT2D eigenvalue weighted by Gasteiger charge is 2.66. The maximum atomic E-state index is 14.5. The number of amides is 1. The zero-order chi connectivity index (χ0) is 27.9. The Morgan fingerprint density at radius 1 is 1.23 bits per heavy atom. The van der Waals surface area contributed by atoms with E-state index in [9.17, 15) is 14.7 Å². The Morgan fingerprint density at radius 2 is 2.03 bits per heavy atom. The largest absolute Gasteiger partial charge is 0.497 e. The number of carbonyl (C=O) groups excluding carboxylic acids is 1. The minimum Gasteiger partial charge on any atom is -0.497 e. The first-order valence-electron chi connectivity index (χ1n) is 13.2. The highest BCUT2D eigenvalue weighted by molar-refractivity contribution is 14.1. The zero-order valence-corrected chi connectivity index (χ0v) is 25.8. The van der Waals surface area contributed by atoms with Crippen LogP contribution in [0.5, 0.6) is 5.75 Å². The van der Waals surface area contributed by atoms with E-state index < -0.39 is 13.9 Å². The van der Waals surface area contributed by atoms with E-state index in [1.54, 1.807) is 11.8 Å². The molecule has 0 saturated carbocycles. The molecule has 5 rings (SSSR count). The maximum Gasteiger partial charge on any atom is 0.264 e. The third-order valence-corrected chi connectivity index (χ3v) is 11.2. The minimum absolute atomic E-state index is 0.0143. The molecule has 3 heterocycles. The number of halogens is 1. The first kappa shape index (κ1) is 28.2. The van der Waals surface area contributed by atoms with Crippen LogP contribution in [0, 0.1) is 9.49 Å². The summed E-state index contributed by atoms with van der Waals surface area (Å²) >= 11 is 2.28. The number of carbonyl (C=O) groups is 1. The van der Waals surface area contributed by atoms with Crippen molar-refractivity contribution in [2.45, 2.75) is 63.2 Å². The summed E-state index contributed by atoms with van der Waals surface area (Å²) in [4.78, 5) is 27.8. The number of aromatic nitrogens is 3. The zero-order valence-electron chi connectivity index (χ0n) is 22.7. The molecule has 39 heavy (non-hydrogen) atoms. The number of nitrogens with zero attached hydrogens (tertiary/aromatic N) is 4. The van der Waals surface area contributed by atoms with Crippen molar-refractivity contribution in [1.82, 2.24) is 15.0 Å². The molecule has 1 spiro atoms. The van der Waals surface area contributed by atoms with Gasteiger partial charge in [-0.25, -0.2) is 0 Å². The highest BCUT2D eigenvalue weighted by atomic mass is 127. The van der Waals surface area contributed by atoms with E-state index in [1.807, 2.05) is 67.5 Å². The molecular formula is C28H35IN4O5Si. The van der Waals surface area contributed by atoms with Gasteiger partial charge in [0, 0.05) is 46.4 Å². The van der Waals surface area contributed by atoms with Gasteiger partial charge in [0.2, 0.25) is 0 Å². The molecule has 0 aliphatic carbocycles. The van der Waals surface area contributed by atoms with Crippen molar-refractivity contribution in [1.29, 1.82) is 0 Å². The molecule has 0 bridgehead atoms. The van der Waals surface area contributed by atoms with Gasteiger partial charge < -0.3 is 24.3 Å². The van der Waals surface area contributed by atoms with E-state index in [0.29, 0.717) is 31.7 Å². The Morgan fingerprint density at radius 3 is 2.72 bits per heavy atom. The fraction of sp³-hybridized carbons (Fsp3) is 0.464. The van der Waals surface area contributed by atoms with Crippen LogP contribution in [0.1, 0.15) is 30.2 Å². The lowest BCUT2D eigenvalue weighted by Gasteiger charge is -2.32. The minimum atomic E-state index is -2.77. The molecule has 208 valence electrons. The molecule has 11 heteroatoms. The molecule has 2 aromatic carbocycles. The molecule has 0 radical (unpaired) electrons. The van der Waals surface area contributed by atoms with E-state index in [-0.39, 0.29) is 30.1 Å². The van der Waals surface area contributed by atoms with Crippen LogP contribution in [-0.4, -0.2) is 58.9 Å². The van der Waals surface area contributed by atoms with Gasteiger partial charge in [0.1, 0.15) is 5.75 Å². The summed E-state index contributed by atoms with van der Waals surface area (Å²) in [5.74, 6) is 0.301. The fourth-order valence-electron chi connectivity index (χ4n) is 6.36. The number of aliphatic hydroxyl groups excluding tert-OH is 1. The van der Waals surface area contributed by atoms with Crippen LogP contribution in [0.15, 0.2) is 48.7 Å². The van der Waals surface area contributed by atoms with Gasteiger partial charge in [-0.05, 0) is 78.0 Å². The molecule has 1 amide bonds. The average molecular weight is 663 g/mol. The average Bonchev–Trinajstić information content (AvgIpc) is 3.53. The fourth-order valence-corrected chi connectivity index (χ4v) is 9.58. The number of hydrogen-bond donors (Lipinski definition) is 2. The first-order valence-corrected chi connectivity index (χ1v) is 17.3. The summed E-state index contributed by atoms with van der Waals surface area (Å²) in [6.45, 7) is 6.86. The second-order valence-electron chi connectivity index (χ2n) is 11.0. The van der Waals surface area contributed by atoms with E-state index in [2.05, 4.69) is 39.0 Å². The predicted octanol–water partition coefficient (Wildman–Crippen LogP) is 3.86. The van der Waals surface area contributed by atoms with Gasteiger partial charge in [-0.15, -0.1) is 5.10 Å². The van der Waals surface area contributed by atoms with Gasteiger partial charge in [0.25, 0.3) is 5.91 Å². The van der Waals surface area contributed by atoms with Gasteiger partial charge >= 0.3 is 0 Å². The van der Waals surface area contributed by atoms with E-state index >= 15 is 0 Å². The van der Waals surface area contributed by atoms with Crippen molar-refractivity contribution >= 4 is 42.5 Å². The lowest BCUT2D eigenvalue weighted by Crippen LogP contribution is -2.46. The summed E-state index contributed by atoms with van der Waals surface area (Å²) in [6, 6.07) is 13.9. The topological polar surface area (TPSA) is 110 Å². The molecule has 2 aliphatic rings. The standard InChI is InChI=1S/C28H35IN4O5Si/c1-18-26(39(3,4)36)25(10-12-32-17-21(11-13-34)30-31-32)38-28(18)23-15-22(37-2)8-9-24(23)33(27(28)35)16-19-6-5-7-20(29)14-19/h5-9,14-15,17-18,25-26,34,36H,10-13,16H2,1-4H3/t18-,25+,26-,28+/m0/s1. The number of hydrogen-bond acceptors (Lipinski definition) is 7. The van der Waals surface area contributed by atoms with Crippen LogP contribution in [-0.2, 0) is 34.6 Å². The summed E-state index contributed by atoms with van der Waals surface area (Å²) < 4.78 is 15.3. The Labute approximate surface area is 243 Å². The van der Waals surface area contributed by atoms with Crippen molar-refractivity contribution in [2.24, 2.45) is 5.92 Å². The molecule has 9 nitrogen and oxygen atoms in total. The SMILES string of the molecule is COc1ccc2c(c1)[C@@]1(O[C@H](CCn3cc(CCO)nn3)[C@@H]([Si](C)(C)O)[C@@H]1C)C(=O)N2Cc1cccc(I)c1. The van der Waals surface area contributed by atoms with E-state index in [4.69, 9.17) is 9.47 Å². The maximum absolute atomic E-state index is 14.5. The van der Waals surface area contributed by atoms with E-state index in [1.165, 1.54) is 0 Å². The monoisotopic (exact) mass is 662 g/mol. The Hall–Kier alpha value is -2.32. The van der Waals surface area contributed by atoms with Gasteiger partial charge in [-0.2, -0.15) is 0 Å². The van der Waals surface area contributed by atoms with Crippen molar-refractivity contribution in [2.75, 3.05) is 18.6 Å². The number of benzene rings is 2. The lowest BCUT2D eigenvalue weighted by molar-refractivity contribution is -0.146. The molecule has 2 aliphatic heterocycles. The van der Waals surface area contributed by atoms with Crippen molar-refractivity contribution < 1.29 is 24.2 Å². The van der Waals surface area contributed by atoms with Crippen LogP contribution < -0.4 is 9.64 Å². The number of aryl methyl sites for hydroxylation is 1. The number of anilines is 1. The lowest BCUT2D eigenvalue weighted by atomic mass is 9.82. The number of aliphatic hydroxyl groups is 1. The third kappa shape index (κ3) is 5.15. The van der Waals surface area contributed by atoms with Gasteiger partial charge in [0.15, 0.2) is 13.9 Å². The quantitative estimate of drug-likeness (QED) is 0.265. The van der Waals surface area contributed by atoms with Crippen molar-refractivity contribution in [3.63, 3.8) is 0 Å². The molecule has 2 N–H and O–H groups in total. The predicted molar refractivity (Wildman–Crippen MR) is 158 cm³/mol. The molecule has 0 unspecified atom stereocenters. The number of methoxy groups -OCH3 is 1. The van der Waals surface area contributed by atoms with Gasteiger partial charge in [-0.3, -0.25) is 9.48 Å². The third-order valence-electron chi connectivity index (χ3n) is 8.02. The summed E-state index contributed by atoms with van der Waals surface area (Å²) in [5, 5.41) is 17.5. The van der Waals surface area contributed by atoms with Crippen LogP contribution in [0.2, 0.25) is 18.6 Å². The molecule has 1 fully saturated rings. The van der Waals surface area contributed by atoms with Crippen LogP contribution >= 0.6 is 22.6 Å². The van der Waals surface area contributed by atoms with Gasteiger partial charge in [0.05, 0.1) is 31.1 Å². The first-order chi connectivity index (χ1) is 18.6. The second-order valence-corrected chi connectivity index (χ2v) is 16.2. The van der Waals surface area contributed by atoms with Crippen LogP contribution in [0.4, 0.5) is 5.69 Å². The number of rotatable bonds is 9. The molecule has 1 aromatic heterocycles. The van der Waals surface area contributed by atoms with Gasteiger partial charge in [-0.1, -0.05) is 24.3 Å². The normalized spacial score (nSPS) is 24.5. The molecular weight excluding hydrogens is 627 g/mol. The van der Waals surface area contributed by atoms with Crippen LogP contribution in [0.3, 0.4) is 0 Å². The van der Waals surface area contributed by atoms with Crippen molar-refractivity contribution in [3.05, 3.63) is 69.1 Å². The number of ether oxygens (including phenoxy) is 2. The molecule has 3 aromatic rings. The highest BCUT2D eigenvalue weighted by Crippen LogP contribution is 2.60. The Bertz CT molecular complexity index is 1360. The Kier molecular flexibility index (Phi) is 7.90. The van der Waals surface area contributed by atoms with Crippen molar-refractivity contribution in [3.8, 4) is 5.75 Å². The Balaban J connectivity index is 1.52. The second kappa shape index (κ2) is 10.9. The summed E-state index contributed by atoms with van der Waals surface area (Å²) in [7, 11) is -1.15. The smallest absolute Gasteiger partial charge is 0.264 e.